The maximum Gasteiger partial charge on any atom is 0.420 e. The lowest BCUT2D eigenvalue weighted by atomic mass is 9.86. The van der Waals surface area contributed by atoms with Crippen LogP contribution in [0, 0.1) is 12.7 Å². The van der Waals surface area contributed by atoms with E-state index >= 15 is 0 Å². The van der Waals surface area contributed by atoms with Crippen LogP contribution in [0.4, 0.5) is 23.2 Å². The number of nitrogens with one attached hydrogen (secondary N) is 2. The molecule has 184 valence electrons. The Morgan fingerprint density at radius 3 is 2.44 bits per heavy atom. The third-order valence-electron chi connectivity index (χ3n) is 5.51. The molecule has 5 nitrogen and oxygen atoms in total. The van der Waals surface area contributed by atoms with Crippen molar-refractivity contribution in [1.82, 2.24) is 10.3 Å². The van der Waals surface area contributed by atoms with Crippen LogP contribution in [0.5, 0.6) is 5.75 Å². The van der Waals surface area contributed by atoms with Gasteiger partial charge >= 0.3 is 6.18 Å². The van der Waals surface area contributed by atoms with Crippen LogP contribution in [-0.4, -0.2) is 41.6 Å². The average Bonchev–Trinajstić information content (AvgIpc) is 2.76. The van der Waals surface area contributed by atoms with Crippen molar-refractivity contribution < 1.29 is 27.4 Å². The second-order valence-electron chi connectivity index (χ2n) is 8.34. The van der Waals surface area contributed by atoms with E-state index in [0.717, 1.165) is 18.9 Å². The highest BCUT2D eigenvalue weighted by atomic mass is 35.5. The van der Waals surface area contributed by atoms with Crippen LogP contribution in [0.3, 0.4) is 0 Å². The number of ether oxygens (including phenoxy) is 1. The largest absolute Gasteiger partial charge is 0.493 e. The third kappa shape index (κ3) is 5.06. The number of aryl methyl sites for hydroxylation is 1. The molecule has 0 aliphatic carbocycles. The van der Waals surface area contributed by atoms with Gasteiger partial charge in [0, 0.05) is 34.9 Å². The number of alkyl halides is 3. The molecule has 0 fully saturated rings. The third-order valence-corrected chi connectivity index (χ3v) is 5.81. The molecule has 34 heavy (non-hydrogen) atoms. The Labute approximate surface area is 200 Å². The van der Waals surface area contributed by atoms with E-state index in [9.17, 15) is 22.7 Å². The smallest absolute Gasteiger partial charge is 0.420 e. The number of fused-ring (bicyclic) bond motifs is 1. The number of benzene rings is 2. The number of aliphatic hydroxyl groups is 1. The van der Waals surface area contributed by atoms with Crippen LogP contribution in [-0.2, 0) is 0 Å². The van der Waals surface area contributed by atoms with E-state index in [4.69, 9.17) is 16.3 Å². The molecule has 0 radical (unpaired) electrons. The number of anilines is 1. The Kier molecular flexibility index (Phi) is 7.59. The summed E-state index contributed by atoms with van der Waals surface area (Å²) in [6.07, 6.45) is -5.10. The highest BCUT2D eigenvalue weighted by Crippen LogP contribution is 2.46. The Balaban J connectivity index is 2.26. The van der Waals surface area contributed by atoms with Crippen molar-refractivity contribution in [2.45, 2.75) is 44.6 Å². The van der Waals surface area contributed by atoms with Gasteiger partial charge in [0.1, 0.15) is 0 Å². The number of aromatic nitrogens is 1. The Bertz CT molecular complexity index is 1170. The van der Waals surface area contributed by atoms with E-state index in [0.29, 0.717) is 10.9 Å². The first-order valence-electron chi connectivity index (χ1n) is 10.6. The van der Waals surface area contributed by atoms with Gasteiger partial charge in [-0.05, 0) is 37.3 Å². The van der Waals surface area contributed by atoms with Gasteiger partial charge in [0.2, 0.25) is 0 Å². The fourth-order valence-electron chi connectivity index (χ4n) is 3.70. The van der Waals surface area contributed by atoms with Crippen molar-refractivity contribution in [2.24, 2.45) is 0 Å². The number of nitrogens with zero attached hydrogens (tertiary/aromatic N) is 1. The number of hydrogen-bond donors (Lipinski definition) is 3. The number of rotatable bonds is 8. The molecule has 0 saturated heterocycles. The normalized spacial score (nSPS) is 14.8. The van der Waals surface area contributed by atoms with Gasteiger partial charge in [0.25, 0.3) is 0 Å². The van der Waals surface area contributed by atoms with Crippen molar-refractivity contribution in [3.63, 3.8) is 0 Å². The summed E-state index contributed by atoms with van der Waals surface area (Å²) < 4.78 is 63.3. The van der Waals surface area contributed by atoms with Crippen LogP contribution in [0.2, 0.25) is 5.02 Å². The summed E-state index contributed by atoms with van der Waals surface area (Å²) in [5.74, 6) is -1.52. The van der Waals surface area contributed by atoms with Crippen LogP contribution in [0.25, 0.3) is 10.9 Å². The average molecular weight is 500 g/mol. The van der Waals surface area contributed by atoms with Crippen molar-refractivity contribution in [3.8, 4) is 5.75 Å². The first kappa shape index (κ1) is 26.0. The summed E-state index contributed by atoms with van der Waals surface area (Å²) in [6, 6.07) is 8.48. The molecular weight excluding hydrogens is 474 g/mol. The fourth-order valence-corrected chi connectivity index (χ4v) is 3.85. The molecule has 0 aliphatic rings. The molecule has 0 spiro atoms. The second-order valence-corrected chi connectivity index (χ2v) is 8.75. The first-order valence-corrected chi connectivity index (χ1v) is 10.9. The zero-order chi connectivity index (χ0) is 25.3. The minimum absolute atomic E-state index is 0.244. The summed E-state index contributed by atoms with van der Waals surface area (Å²) >= 11 is 5.85. The predicted molar refractivity (Wildman–Crippen MR) is 125 cm³/mol. The van der Waals surface area contributed by atoms with Gasteiger partial charge in [-0.25, -0.2) is 4.39 Å². The summed E-state index contributed by atoms with van der Waals surface area (Å²) in [7, 11) is 1.12. The Hall–Kier alpha value is -2.62. The lowest BCUT2D eigenvalue weighted by molar-refractivity contribution is -0.264. The molecule has 0 saturated carbocycles. The van der Waals surface area contributed by atoms with Gasteiger partial charge in [0.15, 0.2) is 17.2 Å². The summed E-state index contributed by atoms with van der Waals surface area (Å²) in [6.45, 7) is 4.24. The lowest BCUT2D eigenvalue weighted by Gasteiger charge is -2.40. The van der Waals surface area contributed by atoms with Crippen LogP contribution < -0.4 is 15.4 Å². The standard InChI is InChI=1S/C24H26ClF4N3O2/c1-13(2)30-12-23(33,24(27,28)29)22(16-10-11-17(25)20(26)21(16)34-4)32-19-7-5-6-18-15(19)9-8-14(3)31-18/h5-11,13,22,30,32-33H,12H2,1-4H3. The summed E-state index contributed by atoms with van der Waals surface area (Å²) in [5, 5.41) is 16.9. The molecular formula is C24H26ClF4N3O2. The summed E-state index contributed by atoms with van der Waals surface area (Å²) in [5.41, 5.74) is -2.04. The van der Waals surface area contributed by atoms with E-state index in [1.807, 2.05) is 0 Å². The van der Waals surface area contributed by atoms with Crippen molar-refractivity contribution in [1.29, 1.82) is 0 Å². The highest BCUT2D eigenvalue weighted by molar-refractivity contribution is 6.30. The van der Waals surface area contributed by atoms with Crippen molar-refractivity contribution in [2.75, 3.05) is 19.0 Å². The number of hydrogen-bond acceptors (Lipinski definition) is 5. The van der Waals surface area contributed by atoms with E-state index in [-0.39, 0.29) is 22.3 Å². The van der Waals surface area contributed by atoms with E-state index in [1.165, 1.54) is 6.07 Å². The first-order chi connectivity index (χ1) is 15.9. The Morgan fingerprint density at radius 1 is 1.12 bits per heavy atom. The Morgan fingerprint density at radius 2 is 1.82 bits per heavy atom. The number of pyridine rings is 1. The topological polar surface area (TPSA) is 66.4 Å². The molecule has 3 aromatic rings. The highest BCUT2D eigenvalue weighted by Gasteiger charge is 2.59. The molecule has 1 aromatic heterocycles. The maximum absolute atomic E-state index is 14.8. The lowest BCUT2D eigenvalue weighted by Crippen LogP contribution is -2.59. The van der Waals surface area contributed by atoms with Gasteiger partial charge < -0.3 is 20.5 Å². The monoisotopic (exact) mass is 499 g/mol. The molecule has 10 heteroatoms. The molecule has 2 atom stereocenters. The molecule has 0 aliphatic heterocycles. The zero-order valence-electron chi connectivity index (χ0n) is 19.1. The zero-order valence-corrected chi connectivity index (χ0v) is 19.9. The van der Waals surface area contributed by atoms with Gasteiger partial charge in [-0.3, -0.25) is 4.98 Å². The maximum atomic E-state index is 14.8. The molecule has 0 bridgehead atoms. The molecule has 2 unspecified atom stereocenters. The van der Waals surface area contributed by atoms with Crippen molar-refractivity contribution in [3.05, 3.63) is 64.6 Å². The molecule has 0 amide bonds. The van der Waals surface area contributed by atoms with Crippen LogP contribution in [0.1, 0.15) is 31.1 Å². The fraction of sp³-hybridized carbons (Fsp3) is 0.375. The van der Waals surface area contributed by atoms with E-state index < -0.39 is 35.9 Å². The molecule has 1 heterocycles. The van der Waals surface area contributed by atoms with E-state index in [2.05, 4.69) is 15.6 Å². The van der Waals surface area contributed by atoms with Gasteiger partial charge in [-0.15, -0.1) is 0 Å². The van der Waals surface area contributed by atoms with E-state index in [1.54, 1.807) is 51.1 Å². The quantitative estimate of drug-likeness (QED) is 0.342. The summed E-state index contributed by atoms with van der Waals surface area (Å²) in [4.78, 5) is 4.41. The predicted octanol–water partition coefficient (Wildman–Crippen LogP) is 5.79. The van der Waals surface area contributed by atoms with Crippen LogP contribution in [0.15, 0.2) is 42.5 Å². The number of halogens is 5. The molecule has 3 rings (SSSR count). The minimum atomic E-state index is -5.10. The van der Waals surface area contributed by atoms with Crippen molar-refractivity contribution >= 4 is 28.2 Å². The number of methoxy groups -OCH3 is 1. The van der Waals surface area contributed by atoms with Gasteiger partial charge in [-0.1, -0.05) is 37.6 Å². The van der Waals surface area contributed by atoms with Crippen LogP contribution >= 0.6 is 11.6 Å². The molecule has 3 N–H and O–H groups in total. The van der Waals surface area contributed by atoms with Gasteiger partial charge in [-0.2, -0.15) is 13.2 Å². The SMILES string of the molecule is COc1c(C(Nc2cccc3nc(C)ccc23)C(O)(CNC(C)C)C(F)(F)F)ccc(Cl)c1F. The van der Waals surface area contributed by atoms with Gasteiger partial charge in [0.05, 0.1) is 23.7 Å². The minimum Gasteiger partial charge on any atom is -0.493 e. The second kappa shape index (κ2) is 9.93. The molecule has 2 aromatic carbocycles.